The highest BCUT2D eigenvalue weighted by Crippen LogP contribution is 2.26. The number of alkyl halides is 2. The fourth-order valence-electron chi connectivity index (χ4n) is 2.53. The molecule has 0 aromatic heterocycles. The van der Waals surface area contributed by atoms with Gasteiger partial charge in [0.2, 0.25) is 0 Å². The molecule has 0 heterocycles. The lowest BCUT2D eigenvalue weighted by molar-refractivity contribution is 0.0818. The van der Waals surface area contributed by atoms with Gasteiger partial charge in [0.05, 0.1) is 13.7 Å². The molecule has 8 heteroatoms. The predicted molar refractivity (Wildman–Crippen MR) is 109 cm³/mol. The molecule has 0 saturated carbocycles. The summed E-state index contributed by atoms with van der Waals surface area (Å²) in [6.07, 6.45) is -2.63. The second-order valence-corrected chi connectivity index (χ2v) is 6.24. The fraction of sp³-hybridized carbons (Fsp3) is 0.381. The van der Waals surface area contributed by atoms with Crippen molar-refractivity contribution in [3.8, 4) is 17.2 Å². The Kier molecular flexibility index (Phi) is 9.01. The van der Waals surface area contributed by atoms with Gasteiger partial charge in [0.1, 0.15) is 18.5 Å². The maximum atomic E-state index is 12.3. The van der Waals surface area contributed by atoms with Crippen molar-refractivity contribution in [2.45, 2.75) is 26.0 Å². The first-order valence-electron chi connectivity index (χ1n) is 9.26. The Morgan fingerprint density at radius 2 is 1.83 bits per heavy atom. The molecule has 6 nitrogen and oxygen atoms in total. The molecule has 2 rings (SSSR count). The van der Waals surface area contributed by atoms with Crippen LogP contribution in [-0.4, -0.2) is 45.8 Å². The average molecular weight is 407 g/mol. The number of methoxy groups -OCH3 is 1. The van der Waals surface area contributed by atoms with E-state index in [1.165, 1.54) is 0 Å². The van der Waals surface area contributed by atoms with E-state index in [2.05, 4.69) is 15.6 Å². The SMILES string of the molecule is CN=C(NCc1cccc(OCC(F)F)c1)NCC(C)Oc1ccccc1OC. The topological polar surface area (TPSA) is 64.1 Å². The quantitative estimate of drug-likeness (QED) is 0.466. The Labute approximate surface area is 169 Å². The van der Waals surface area contributed by atoms with Crippen molar-refractivity contribution in [1.29, 1.82) is 0 Å². The Bertz CT molecular complexity index is 787. The number of para-hydroxylation sites is 2. The van der Waals surface area contributed by atoms with E-state index in [1.807, 2.05) is 37.3 Å². The Balaban J connectivity index is 1.81. The van der Waals surface area contributed by atoms with Crippen LogP contribution in [0.4, 0.5) is 8.78 Å². The summed E-state index contributed by atoms with van der Waals surface area (Å²) in [5, 5.41) is 6.37. The predicted octanol–water partition coefficient (Wildman–Crippen LogP) is 3.47. The highest BCUT2D eigenvalue weighted by Gasteiger charge is 2.10. The van der Waals surface area contributed by atoms with Crippen LogP contribution in [0.1, 0.15) is 12.5 Å². The van der Waals surface area contributed by atoms with E-state index in [1.54, 1.807) is 32.4 Å². The van der Waals surface area contributed by atoms with Gasteiger partial charge in [0, 0.05) is 13.6 Å². The molecule has 0 fully saturated rings. The summed E-state index contributed by atoms with van der Waals surface area (Å²) in [7, 11) is 3.27. The molecule has 0 aliphatic rings. The number of guanidine groups is 1. The molecule has 0 amide bonds. The van der Waals surface area contributed by atoms with Crippen molar-refractivity contribution < 1.29 is 23.0 Å². The van der Waals surface area contributed by atoms with Gasteiger partial charge in [-0.2, -0.15) is 0 Å². The Hall–Kier alpha value is -3.03. The van der Waals surface area contributed by atoms with Gasteiger partial charge in [-0.3, -0.25) is 4.99 Å². The van der Waals surface area contributed by atoms with Crippen LogP contribution in [0, 0.1) is 0 Å². The number of nitrogens with one attached hydrogen (secondary N) is 2. The van der Waals surface area contributed by atoms with Crippen LogP contribution in [0.2, 0.25) is 0 Å². The minimum Gasteiger partial charge on any atom is -0.493 e. The summed E-state index contributed by atoms with van der Waals surface area (Å²) in [4.78, 5) is 4.18. The summed E-state index contributed by atoms with van der Waals surface area (Å²) in [6.45, 7) is 2.31. The maximum Gasteiger partial charge on any atom is 0.272 e. The summed E-state index contributed by atoms with van der Waals surface area (Å²) in [5.74, 6) is 2.36. The molecule has 0 aliphatic heterocycles. The number of ether oxygens (including phenoxy) is 3. The van der Waals surface area contributed by atoms with Crippen LogP contribution in [0.5, 0.6) is 17.2 Å². The summed E-state index contributed by atoms with van der Waals surface area (Å²) < 4.78 is 40.8. The zero-order chi connectivity index (χ0) is 21.1. The molecule has 158 valence electrons. The molecule has 0 saturated heterocycles. The number of benzene rings is 2. The average Bonchev–Trinajstić information content (AvgIpc) is 2.73. The summed E-state index contributed by atoms with van der Waals surface area (Å²) >= 11 is 0. The van der Waals surface area contributed by atoms with Gasteiger partial charge >= 0.3 is 0 Å². The first-order chi connectivity index (χ1) is 14.0. The molecule has 1 unspecified atom stereocenters. The lowest BCUT2D eigenvalue weighted by Gasteiger charge is -2.19. The minimum atomic E-state index is -2.50. The lowest BCUT2D eigenvalue weighted by atomic mass is 10.2. The van der Waals surface area contributed by atoms with Crippen molar-refractivity contribution in [2.24, 2.45) is 4.99 Å². The van der Waals surface area contributed by atoms with E-state index in [-0.39, 0.29) is 6.10 Å². The highest BCUT2D eigenvalue weighted by atomic mass is 19.3. The second kappa shape index (κ2) is 11.7. The van der Waals surface area contributed by atoms with Crippen LogP contribution in [0.25, 0.3) is 0 Å². The van der Waals surface area contributed by atoms with Gasteiger partial charge in [-0.1, -0.05) is 24.3 Å². The van der Waals surface area contributed by atoms with Crippen molar-refractivity contribution in [1.82, 2.24) is 10.6 Å². The first-order valence-corrected chi connectivity index (χ1v) is 9.26. The van der Waals surface area contributed by atoms with Crippen LogP contribution >= 0.6 is 0 Å². The molecule has 2 aromatic rings. The number of nitrogens with zero attached hydrogens (tertiary/aromatic N) is 1. The molecule has 0 bridgehead atoms. The first kappa shape index (κ1) is 22.3. The zero-order valence-electron chi connectivity index (χ0n) is 16.8. The van der Waals surface area contributed by atoms with Crippen LogP contribution in [0.3, 0.4) is 0 Å². The van der Waals surface area contributed by atoms with E-state index in [0.717, 1.165) is 5.56 Å². The highest BCUT2D eigenvalue weighted by molar-refractivity contribution is 5.79. The monoisotopic (exact) mass is 407 g/mol. The third-order valence-electron chi connectivity index (χ3n) is 3.91. The molecular formula is C21H27F2N3O3. The number of hydrogen-bond donors (Lipinski definition) is 2. The third-order valence-corrected chi connectivity index (χ3v) is 3.91. The molecule has 0 radical (unpaired) electrons. The van der Waals surface area contributed by atoms with Gasteiger partial charge < -0.3 is 24.8 Å². The molecule has 2 N–H and O–H groups in total. The van der Waals surface area contributed by atoms with Crippen LogP contribution < -0.4 is 24.8 Å². The van der Waals surface area contributed by atoms with E-state index in [0.29, 0.717) is 36.3 Å². The second-order valence-electron chi connectivity index (χ2n) is 6.24. The number of halogens is 2. The van der Waals surface area contributed by atoms with E-state index in [4.69, 9.17) is 14.2 Å². The zero-order valence-corrected chi connectivity index (χ0v) is 16.8. The van der Waals surface area contributed by atoms with Gasteiger partial charge in [-0.25, -0.2) is 8.78 Å². The van der Waals surface area contributed by atoms with Gasteiger partial charge in [-0.15, -0.1) is 0 Å². The van der Waals surface area contributed by atoms with Crippen LogP contribution in [-0.2, 0) is 6.54 Å². The van der Waals surface area contributed by atoms with Gasteiger partial charge in [-0.05, 0) is 36.8 Å². The summed E-state index contributed by atoms with van der Waals surface area (Å²) in [5.41, 5.74) is 0.887. The normalized spacial score (nSPS) is 12.4. The van der Waals surface area contributed by atoms with E-state index < -0.39 is 13.0 Å². The Morgan fingerprint density at radius 3 is 2.52 bits per heavy atom. The van der Waals surface area contributed by atoms with Crippen molar-refractivity contribution >= 4 is 5.96 Å². The van der Waals surface area contributed by atoms with Crippen molar-refractivity contribution in [3.05, 3.63) is 54.1 Å². The molecule has 0 spiro atoms. The third kappa shape index (κ3) is 7.85. The van der Waals surface area contributed by atoms with Crippen LogP contribution in [0.15, 0.2) is 53.5 Å². The van der Waals surface area contributed by atoms with Crippen molar-refractivity contribution in [2.75, 3.05) is 27.3 Å². The van der Waals surface area contributed by atoms with E-state index >= 15 is 0 Å². The lowest BCUT2D eigenvalue weighted by Crippen LogP contribution is -2.41. The van der Waals surface area contributed by atoms with E-state index in [9.17, 15) is 8.78 Å². The fourth-order valence-corrected chi connectivity index (χ4v) is 2.53. The van der Waals surface area contributed by atoms with Gasteiger partial charge in [0.25, 0.3) is 6.43 Å². The number of rotatable bonds is 10. The molecular weight excluding hydrogens is 380 g/mol. The standard InChI is InChI=1S/C21H27F2N3O3/c1-15(29-19-10-5-4-9-18(19)27-3)12-25-21(24-2)26-13-16-7-6-8-17(11-16)28-14-20(22)23/h4-11,15,20H,12-14H2,1-3H3,(H2,24,25,26). The summed E-state index contributed by atoms with van der Waals surface area (Å²) in [6, 6.07) is 14.5. The largest absolute Gasteiger partial charge is 0.493 e. The molecule has 1 atom stereocenters. The maximum absolute atomic E-state index is 12.3. The minimum absolute atomic E-state index is 0.129. The molecule has 2 aromatic carbocycles. The molecule has 0 aliphatic carbocycles. The van der Waals surface area contributed by atoms with Crippen molar-refractivity contribution in [3.63, 3.8) is 0 Å². The number of hydrogen-bond acceptors (Lipinski definition) is 4. The van der Waals surface area contributed by atoms with Gasteiger partial charge in [0.15, 0.2) is 17.5 Å². The molecule has 29 heavy (non-hydrogen) atoms. The number of aliphatic imine (C=N–C) groups is 1. The smallest absolute Gasteiger partial charge is 0.272 e. The Morgan fingerprint density at radius 1 is 1.07 bits per heavy atom.